The summed E-state index contributed by atoms with van der Waals surface area (Å²) in [5, 5.41) is 0. The lowest BCUT2D eigenvalue weighted by Crippen LogP contribution is -1.98. The van der Waals surface area contributed by atoms with Gasteiger partial charge in [0.1, 0.15) is 5.82 Å². The number of rotatable bonds is 4. The van der Waals surface area contributed by atoms with Crippen LogP contribution in [-0.4, -0.2) is 9.97 Å². The lowest BCUT2D eigenvalue weighted by molar-refractivity contribution is 0.839. The third-order valence-corrected chi connectivity index (χ3v) is 2.14. The predicted molar refractivity (Wildman–Crippen MR) is 69.1 cm³/mol. The molecule has 0 N–H and O–H groups in total. The van der Waals surface area contributed by atoms with E-state index in [1.165, 1.54) is 0 Å². The van der Waals surface area contributed by atoms with Gasteiger partial charge in [-0.1, -0.05) is 37.3 Å². The molecule has 0 fully saturated rings. The molecule has 0 aliphatic heterocycles. The molecular formula is C14H18N2. The lowest BCUT2D eigenvalue weighted by atomic mass is 10.1. The van der Waals surface area contributed by atoms with E-state index in [1.54, 1.807) is 6.20 Å². The monoisotopic (exact) mass is 214 g/mol. The minimum absolute atomic E-state index is 0.237. The maximum atomic E-state index is 4.47. The van der Waals surface area contributed by atoms with Gasteiger partial charge in [0.2, 0.25) is 0 Å². The minimum Gasteiger partial charge on any atom is -0.241 e. The standard InChI is InChI=1S/C14H18N2/c1-4-6-7-9-12(3)14-15-11-10-13(16-14)8-5-2/h4-12H,1-3H3/b6-4-,8-5+,9-7-. The van der Waals surface area contributed by atoms with Crippen LogP contribution in [0.1, 0.15) is 38.2 Å². The summed E-state index contributed by atoms with van der Waals surface area (Å²) in [7, 11) is 0. The van der Waals surface area contributed by atoms with Crippen molar-refractivity contribution in [3.63, 3.8) is 0 Å². The highest BCUT2D eigenvalue weighted by Gasteiger charge is 2.04. The van der Waals surface area contributed by atoms with Gasteiger partial charge in [0.05, 0.1) is 5.69 Å². The van der Waals surface area contributed by atoms with Crippen LogP contribution in [0.5, 0.6) is 0 Å². The Morgan fingerprint density at radius 2 is 2.00 bits per heavy atom. The SMILES string of the molecule is C/C=C\C=C/C(C)c1nccc(/C=C/C)n1. The van der Waals surface area contributed by atoms with Crippen LogP contribution < -0.4 is 0 Å². The van der Waals surface area contributed by atoms with Gasteiger partial charge in [0, 0.05) is 12.1 Å². The van der Waals surface area contributed by atoms with Gasteiger partial charge < -0.3 is 0 Å². The number of aromatic nitrogens is 2. The molecule has 1 aromatic rings. The average Bonchev–Trinajstić information content (AvgIpc) is 2.30. The summed E-state index contributed by atoms with van der Waals surface area (Å²) in [6.07, 6.45) is 13.9. The van der Waals surface area contributed by atoms with Crippen molar-refractivity contribution in [2.45, 2.75) is 26.7 Å². The first-order chi connectivity index (χ1) is 7.77. The van der Waals surface area contributed by atoms with E-state index >= 15 is 0 Å². The van der Waals surface area contributed by atoms with E-state index in [0.29, 0.717) is 0 Å². The van der Waals surface area contributed by atoms with Gasteiger partial charge in [0.25, 0.3) is 0 Å². The Bertz CT molecular complexity index is 403. The van der Waals surface area contributed by atoms with Gasteiger partial charge in [-0.25, -0.2) is 9.97 Å². The van der Waals surface area contributed by atoms with Crippen molar-refractivity contribution in [3.8, 4) is 0 Å². The molecule has 1 atom stereocenters. The van der Waals surface area contributed by atoms with Gasteiger partial charge in [-0.2, -0.15) is 0 Å². The van der Waals surface area contributed by atoms with Crippen molar-refractivity contribution in [1.82, 2.24) is 9.97 Å². The number of allylic oxidation sites excluding steroid dienone is 5. The summed E-state index contributed by atoms with van der Waals surface area (Å²) in [5.41, 5.74) is 0.957. The van der Waals surface area contributed by atoms with E-state index in [1.807, 2.05) is 50.3 Å². The minimum atomic E-state index is 0.237. The Balaban J connectivity index is 2.82. The van der Waals surface area contributed by atoms with E-state index in [-0.39, 0.29) is 5.92 Å². The first-order valence-electron chi connectivity index (χ1n) is 5.53. The van der Waals surface area contributed by atoms with Crippen molar-refractivity contribution in [2.75, 3.05) is 0 Å². The second-order valence-electron chi connectivity index (χ2n) is 3.54. The third kappa shape index (κ3) is 3.81. The van der Waals surface area contributed by atoms with E-state index in [0.717, 1.165) is 11.5 Å². The molecule has 1 rings (SSSR count). The second-order valence-corrected chi connectivity index (χ2v) is 3.54. The van der Waals surface area contributed by atoms with E-state index in [4.69, 9.17) is 0 Å². The molecule has 0 amide bonds. The molecule has 0 bridgehead atoms. The Hall–Kier alpha value is -1.70. The summed E-state index contributed by atoms with van der Waals surface area (Å²) in [6, 6.07) is 1.91. The summed E-state index contributed by atoms with van der Waals surface area (Å²) in [6.45, 7) is 6.07. The molecule has 1 unspecified atom stereocenters. The van der Waals surface area contributed by atoms with Crippen molar-refractivity contribution in [2.24, 2.45) is 0 Å². The molecule has 0 saturated carbocycles. The van der Waals surface area contributed by atoms with Crippen molar-refractivity contribution >= 4 is 6.08 Å². The highest BCUT2D eigenvalue weighted by atomic mass is 14.9. The summed E-state index contributed by atoms with van der Waals surface area (Å²) in [5.74, 6) is 1.10. The van der Waals surface area contributed by atoms with Crippen LogP contribution in [0, 0.1) is 0 Å². The maximum Gasteiger partial charge on any atom is 0.135 e. The normalized spacial score (nSPS) is 14.2. The third-order valence-electron chi connectivity index (χ3n) is 2.14. The largest absolute Gasteiger partial charge is 0.241 e. The van der Waals surface area contributed by atoms with Crippen LogP contribution in [0.2, 0.25) is 0 Å². The zero-order valence-electron chi connectivity index (χ0n) is 10.1. The fourth-order valence-electron chi connectivity index (χ4n) is 1.30. The number of nitrogens with zero attached hydrogens (tertiary/aromatic N) is 2. The zero-order chi connectivity index (χ0) is 11.8. The van der Waals surface area contributed by atoms with Crippen LogP contribution in [0.4, 0.5) is 0 Å². The fourth-order valence-corrected chi connectivity index (χ4v) is 1.30. The van der Waals surface area contributed by atoms with Gasteiger partial charge in [0.15, 0.2) is 0 Å². The molecule has 84 valence electrons. The van der Waals surface area contributed by atoms with Crippen LogP contribution in [0.25, 0.3) is 6.08 Å². The van der Waals surface area contributed by atoms with Crippen molar-refractivity contribution < 1.29 is 0 Å². The van der Waals surface area contributed by atoms with Crippen molar-refractivity contribution in [3.05, 3.63) is 54.2 Å². The van der Waals surface area contributed by atoms with Crippen LogP contribution in [0.3, 0.4) is 0 Å². The molecule has 0 aromatic carbocycles. The quantitative estimate of drug-likeness (QED) is 0.713. The van der Waals surface area contributed by atoms with Gasteiger partial charge in [-0.05, 0) is 26.0 Å². The van der Waals surface area contributed by atoms with E-state index in [9.17, 15) is 0 Å². The Morgan fingerprint density at radius 3 is 2.69 bits per heavy atom. The van der Waals surface area contributed by atoms with Crippen LogP contribution in [-0.2, 0) is 0 Å². The molecule has 2 nitrogen and oxygen atoms in total. The molecule has 0 aliphatic carbocycles. The molecule has 1 aromatic heterocycles. The molecule has 2 heteroatoms. The molecule has 0 radical (unpaired) electrons. The van der Waals surface area contributed by atoms with E-state index in [2.05, 4.69) is 23.0 Å². The van der Waals surface area contributed by atoms with Crippen LogP contribution >= 0.6 is 0 Å². The molecule has 1 heterocycles. The fraction of sp³-hybridized carbons (Fsp3) is 0.286. The van der Waals surface area contributed by atoms with Gasteiger partial charge in [-0.3, -0.25) is 0 Å². The summed E-state index contributed by atoms with van der Waals surface area (Å²) >= 11 is 0. The Morgan fingerprint density at radius 1 is 1.19 bits per heavy atom. The van der Waals surface area contributed by atoms with E-state index < -0.39 is 0 Å². The van der Waals surface area contributed by atoms with Crippen LogP contribution in [0.15, 0.2) is 42.6 Å². The smallest absolute Gasteiger partial charge is 0.135 e. The average molecular weight is 214 g/mol. The zero-order valence-corrected chi connectivity index (χ0v) is 10.1. The highest BCUT2D eigenvalue weighted by Crippen LogP contribution is 2.12. The molecule has 0 saturated heterocycles. The topological polar surface area (TPSA) is 25.8 Å². The summed E-state index contributed by atoms with van der Waals surface area (Å²) in [4.78, 5) is 8.75. The Labute approximate surface area is 97.5 Å². The number of hydrogen-bond acceptors (Lipinski definition) is 2. The molecule has 16 heavy (non-hydrogen) atoms. The second kappa shape index (κ2) is 6.72. The number of hydrogen-bond donors (Lipinski definition) is 0. The highest BCUT2D eigenvalue weighted by molar-refractivity contribution is 5.43. The lowest BCUT2D eigenvalue weighted by Gasteiger charge is -2.04. The Kier molecular flexibility index (Phi) is 5.20. The molecule has 0 spiro atoms. The van der Waals surface area contributed by atoms with Crippen molar-refractivity contribution in [1.29, 1.82) is 0 Å². The first kappa shape index (κ1) is 12.4. The first-order valence-corrected chi connectivity index (χ1v) is 5.53. The predicted octanol–water partition coefficient (Wildman–Crippen LogP) is 3.75. The molecular weight excluding hydrogens is 196 g/mol. The van der Waals surface area contributed by atoms with Gasteiger partial charge >= 0.3 is 0 Å². The van der Waals surface area contributed by atoms with Gasteiger partial charge in [-0.15, -0.1) is 0 Å². The maximum absolute atomic E-state index is 4.47. The summed E-state index contributed by atoms with van der Waals surface area (Å²) < 4.78 is 0. The molecule has 0 aliphatic rings.